The summed E-state index contributed by atoms with van der Waals surface area (Å²) in [6.45, 7) is 5.00. The first kappa shape index (κ1) is 17.5. The monoisotopic (exact) mass is 328 g/mol. The van der Waals surface area contributed by atoms with Crippen LogP contribution in [-0.4, -0.2) is 28.3 Å². The average Bonchev–Trinajstić information content (AvgIpc) is 2.45. The smallest absolute Gasteiger partial charge is 0.239 e. The maximum atomic E-state index is 11.5. The van der Waals surface area contributed by atoms with Crippen molar-refractivity contribution in [1.82, 2.24) is 9.97 Å². The van der Waals surface area contributed by atoms with Crippen LogP contribution in [0.4, 0.5) is 11.4 Å². The van der Waals surface area contributed by atoms with E-state index in [0.29, 0.717) is 11.6 Å². The van der Waals surface area contributed by atoms with Crippen LogP contribution in [-0.2, 0) is 4.79 Å². The third-order valence-electron chi connectivity index (χ3n) is 2.71. The van der Waals surface area contributed by atoms with E-state index in [1.807, 2.05) is 12.1 Å². The molecule has 5 nitrogen and oxygen atoms in total. The fourth-order valence-corrected chi connectivity index (χ4v) is 1.85. The van der Waals surface area contributed by atoms with Crippen molar-refractivity contribution in [2.45, 2.75) is 13.8 Å². The molecule has 2 aromatic rings. The zero-order valence-corrected chi connectivity index (χ0v) is 13.5. The molecule has 0 saturated heterocycles. The summed E-state index contributed by atoms with van der Waals surface area (Å²) in [7, 11) is 0. The van der Waals surface area contributed by atoms with Crippen LogP contribution in [0.25, 0.3) is 11.0 Å². The minimum Gasteiger partial charge on any atom is -0.381 e. The lowest BCUT2D eigenvalue weighted by Gasteiger charge is -2.15. The minimum atomic E-state index is -0.267. The lowest BCUT2D eigenvalue weighted by molar-refractivity contribution is -0.113. The SMILES string of the molecule is CC(C)CNc1c(NC(=O)CCl)cnc2cccnc12.Cl. The number of hydrogen-bond donors (Lipinski definition) is 2. The number of carbonyl (C=O) groups is 1. The molecule has 0 spiro atoms. The van der Waals surface area contributed by atoms with E-state index in [2.05, 4.69) is 34.4 Å². The molecular weight excluding hydrogens is 311 g/mol. The molecule has 0 atom stereocenters. The molecule has 0 bridgehead atoms. The molecule has 0 fully saturated rings. The summed E-state index contributed by atoms with van der Waals surface area (Å²) in [4.78, 5) is 20.1. The molecule has 2 aromatic heterocycles. The molecule has 0 aliphatic rings. The number of amides is 1. The van der Waals surface area contributed by atoms with E-state index >= 15 is 0 Å². The van der Waals surface area contributed by atoms with E-state index in [0.717, 1.165) is 23.3 Å². The van der Waals surface area contributed by atoms with Crippen LogP contribution in [0.2, 0.25) is 0 Å². The molecule has 0 radical (unpaired) electrons. The number of carbonyl (C=O) groups excluding carboxylic acids is 1. The largest absolute Gasteiger partial charge is 0.381 e. The number of rotatable bonds is 5. The van der Waals surface area contributed by atoms with Gasteiger partial charge in [-0.05, 0) is 18.1 Å². The molecule has 0 aliphatic carbocycles. The molecule has 114 valence electrons. The third kappa shape index (κ3) is 4.44. The Morgan fingerprint density at radius 1 is 1.38 bits per heavy atom. The van der Waals surface area contributed by atoms with E-state index in [-0.39, 0.29) is 24.2 Å². The quantitative estimate of drug-likeness (QED) is 0.826. The Hall–Kier alpha value is -1.59. The van der Waals surface area contributed by atoms with Gasteiger partial charge in [0.25, 0.3) is 0 Å². The lowest BCUT2D eigenvalue weighted by Crippen LogP contribution is -2.16. The number of anilines is 2. The van der Waals surface area contributed by atoms with E-state index in [9.17, 15) is 4.79 Å². The first-order valence-electron chi connectivity index (χ1n) is 6.45. The number of alkyl halides is 1. The number of nitrogens with zero attached hydrogens (tertiary/aromatic N) is 2. The van der Waals surface area contributed by atoms with Gasteiger partial charge in [0.2, 0.25) is 5.91 Å². The topological polar surface area (TPSA) is 66.9 Å². The molecule has 1 amide bonds. The van der Waals surface area contributed by atoms with Crippen molar-refractivity contribution in [1.29, 1.82) is 0 Å². The summed E-state index contributed by atoms with van der Waals surface area (Å²) in [6, 6.07) is 3.72. The van der Waals surface area contributed by atoms with Gasteiger partial charge in [0, 0.05) is 12.7 Å². The standard InChI is InChI=1S/C14H17ClN4O.ClH/c1-9(2)7-18-14-11(19-12(20)6-15)8-17-10-4-3-5-16-13(10)14;/h3-5,8-9H,6-7H2,1-2H3,(H,17,18)(H,19,20);1H. The second-order valence-corrected chi connectivity index (χ2v) is 5.14. The Labute approximate surface area is 134 Å². The lowest BCUT2D eigenvalue weighted by atomic mass is 10.2. The molecular formula is C14H18Cl2N4O. The number of pyridine rings is 2. The van der Waals surface area contributed by atoms with E-state index in [1.54, 1.807) is 12.4 Å². The Morgan fingerprint density at radius 2 is 2.14 bits per heavy atom. The van der Waals surface area contributed by atoms with Crippen LogP contribution in [0.15, 0.2) is 24.5 Å². The van der Waals surface area contributed by atoms with Crippen molar-refractivity contribution in [3.63, 3.8) is 0 Å². The van der Waals surface area contributed by atoms with Crippen LogP contribution in [0.3, 0.4) is 0 Å². The van der Waals surface area contributed by atoms with Crippen LogP contribution in [0.5, 0.6) is 0 Å². The number of hydrogen-bond acceptors (Lipinski definition) is 4. The van der Waals surface area contributed by atoms with Gasteiger partial charge in [-0.15, -0.1) is 24.0 Å². The summed E-state index contributed by atoms with van der Waals surface area (Å²) in [5, 5.41) is 6.07. The zero-order valence-electron chi connectivity index (χ0n) is 11.9. The van der Waals surface area contributed by atoms with Gasteiger partial charge in [-0.2, -0.15) is 0 Å². The molecule has 7 heteroatoms. The first-order valence-corrected chi connectivity index (χ1v) is 6.98. The van der Waals surface area contributed by atoms with Crippen molar-refractivity contribution < 1.29 is 4.79 Å². The Balaban J connectivity index is 0.00000220. The summed E-state index contributed by atoms with van der Waals surface area (Å²) in [5.74, 6) is 0.110. The predicted molar refractivity (Wildman–Crippen MR) is 89.5 cm³/mol. The molecule has 21 heavy (non-hydrogen) atoms. The number of fused-ring (bicyclic) bond motifs is 1. The van der Waals surface area contributed by atoms with Gasteiger partial charge in [-0.1, -0.05) is 13.8 Å². The van der Waals surface area contributed by atoms with Crippen LogP contribution in [0.1, 0.15) is 13.8 Å². The molecule has 0 aliphatic heterocycles. The number of nitrogens with one attached hydrogen (secondary N) is 2. The summed E-state index contributed by atoms with van der Waals surface area (Å²) >= 11 is 5.53. The fourth-order valence-electron chi connectivity index (χ4n) is 1.78. The average molecular weight is 329 g/mol. The van der Waals surface area contributed by atoms with Crippen LogP contribution in [0, 0.1) is 5.92 Å². The van der Waals surface area contributed by atoms with E-state index in [1.165, 1.54) is 0 Å². The van der Waals surface area contributed by atoms with Crippen molar-refractivity contribution in [3.8, 4) is 0 Å². The van der Waals surface area contributed by atoms with Gasteiger partial charge in [-0.25, -0.2) is 0 Å². The zero-order chi connectivity index (χ0) is 14.5. The highest BCUT2D eigenvalue weighted by Crippen LogP contribution is 2.28. The first-order chi connectivity index (χ1) is 9.61. The number of halogens is 2. The second-order valence-electron chi connectivity index (χ2n) is 4.87. The van der Waals surface area contributed by atoms with Gasteiger partial charge in [0.05, 0.1) is 23.1 Å². The van der Waals surface area contributed by atoms with E-state index < -0.39 is 0 Å². The van der Waals surface area contributed by atoms with Gasteiger partial charge < -0.3 is 10.6 Å². The van der Waals surface area contributed by atoms with Crippen molar-refractivity contribution in [2.75, 3.05) is 23.1 Å². The maximum Gasteiger partial charge on any atom is 0.239 e. The Kier molecular flexibility index (Phi) is 6.65. The fraction of sp³-hybridized carbons (Fsp3) is 0.357. The minimum absolute atomic E-state index is 0. The normalized spacial score (nSPS) is 10.3. The van der Waals surface area contributed by atoms with Crippen molar-refractivity contribution >= 4 is 52.3 Å². The van der Waals surface area contributed by atoms with Gasteiger partial charge in [0.15, 0.2) is 0 Å². The molecule has 2 rings (SSSR count). The van der Waals surface area contributed by atoms with Gasteiger partial charge in [-0.3, -0.25) is 14.8 Å². The predicted octanol–water partition coefficient (Wildman–Crippen LogP) is 3.30. The second kappa shape index (κ2) is 8.00. The molecule has 2 heterocycles. The summed E-state index contributed by atoms with van der Waals surface area (Å²) in [6.07, 6.45) is 3.33. The molecule has 0 aromatic carbocycles. The number of aromatic nitrogens is 2. The summed E-state index contributed by atoms with van der Waals surface area (Å²) in [5.41, 5.74) is 2.90. The molecule has 2 N–H and O–H groups in total. The Bertz CT molecular complexity index is 619. The summed E-state index contributed by atoms with van der Waals surface area (Å²) < 4.78 is 0. The van der Waals surface area contributed by atoms with E-state index in [4.69, 9.17) is 11.6 Å². The highest BCUT2D eigenvalue weighted by atomic mass is 35.5. The van der Waals surface area contributed by atoms with Gasteiger partial charge in [0.1, 0.15) is 11.4 Å². The highest BCUT2D eigenvalue weighted by molar-refractivity contribution is 6.29. The van der Waals surface area contributed by atoms with Crippen molar-refractivity contribution in [3.05, 3.63) is 24.5 Å². The third-order valence-corrected chi connectivity index (χ3v) is 2.95. The van der Waals surface area contributed by atoms with Crippen LogP contribution >= 0.6 is 24.0 Å². The van der Waals surface area contributed by atoms with Crippen LogP contribution < -0.4 is 10.6 Å². The molecule has 0 saturated carbocycles. The van der Waals surface area contributed by atoms with Gasteiger partial charge >= 0.3 is 0 Å². The maximum absolute atomic E-state index is 11.5. The Morgan fingerprint density at radius 3 is 2.81 bits per heavy atom. The highest BCUT2D eigenvalue weighted by Gasteiger charge is 2.12. The van der Waals surface area contributed by atoms with Crippen molar-refractivity contribution in [2.24, 2.45) is 5.92 Å². The molecule has 0 unspecified atom stereocenters.